The number of hydrogen-bond donors (Lipinski definition) is 0. The van der Waals surface area contributed by atoms with Gasteiger partial charge in [-0.25, -0.2) is 0 Å². The van der Waals surface area contributed by atoms with Gasteiger partial charge in [-0.2, -0.15) is 0 Å². The summed E-state index contributed by atoms with van der Waals surface area (Å²) in [5, 5.41) is 0. The zero-order valence-corrected chi connectivity index (χ0v) is 41.9. The summed E-state index contributed by atoms with van der Waals surface area (Å²) < 4.78 is 83.9. The van der Waals surface area contributed by atoms with E-state index >= 15 is 4.79 Å². The number of Topliss-reactive ketones (excluding diaryl/α,β-unsaturated/α-hetero) is 2. The normalized spacial score (nSPS) is 10.7. The molecule has 70 heavy (non-hydrogen) atoms. The molecule has 0 N–H and O–H groups in total. The van der Waals surface area contributed by atoms with Crippen molar-refractivity contribution < 1.29 is 79.4 Å². The highest BCUT2D eigenvalue weighted by molar-refractivity contribution is 7.43. The van der Waals surface area contributed by atoms with E-state index in [1.165, 1.54) is 105 Å². The monoisotopic (exact) mass is 998 g/mol. The maximum Gasteiger partial charge on any atom is 0.530 e. The number of ketones is 3. The molecule has 0 heterocycles. The van der Waals surface area contributed by atoms with Crippen molar-refractivity contribution in [2.75, 3.05) is 55.9 Å². The standard InChI is InChI=1S/C51H52O17P2/c1-11-61-43-23-17-37(59-9)29-49(43)67-70(68-50-30-38(60-10)18-24-44(50)62-12-2)66-48-28-36(58-8)16-22-42(48)51(54)41-21-15-35(57-7)27-47(41)65-69(63-45-25-33(55-5)13-19-39(45)31(3)52)64-46-26-34(56-6)14-20-40(46)32(4)53/h13-30H,11-12H2,1-10H3. The first kappa shape index (κ1) is 51.8. The van der Waals surface area contributed by atoms with Gasteiger partial charge in [0.25, 0.3) is 0 Å². The number of methoxy groups -OCH3 is 6. The fourth-order valence-electron chi connectivity index (χ4n) is 6.44. The molecule has 368 valence electrons. The fraction of sp³-hybridized carbons (Fsp3) is 0.235. The first-order valence-electron chi connectivity index (χ1n) is 21.4. The molecule has 0 aliphatic rings. The van der Waals surface area contributed by atoms with E-state index in [4.69, 9.17) is 65.0 Å². The van der Waals surface area contributed by atoms with Gasteiger partial charge in [-0.3, -0.25) is 14.4 Å². The van der Waals surface area contributed by atoms with Crippen LogP contribution in [-0.2, 0) is 0 Å². The van der Waals surface area contributed by atoms with Crippen LogP contribution in [0.5, 0.6) is 80.5 Å². The van der Waals surface area contributed by atoms with Gasteiger partial charge in [0.2, 0.25) is 5.78 Å². The molecular formula is C51H52O17P2. The van der Waals surface area contributed by atoms with E-state index in [-0.39, 0.29) is 68.3 Å². The van der Waals surface area contributed by atoms with E-state index in [1.54, 1.807) is 60.7 Å². The van der Waals surface area contributed by atoms with E-state index in [0.29, 0.717) is 59.2 Å². The second kappa shape index (κ2) is 24.6. The molecule has 6 aromatic rings. The van der Waals surface area contributed by atoms with E-state index in [9.17, 15) is 9.59 Å². The smallest absolute Gasteiger partial charge is 0.497 e. The topological polar surface area (TPSA) is 180 Å². The lowest BCUT2D eigenvalue weighted by Crippen LogP contribution is -2.11. The minimum atomic E-state index is -2.70. The molecule has 0 saturated carbocycles. The van der Waals surface area contributed by atoms with Gasteiger partial charge in [-0.15, -0.1) is 0 Å². The van der Waals surface area contributed by atoms with Gasteiger partial charge in [-0.1, -0.05) is 0 Å². The molecule has 0 aliphatic heterocycles. The Bertz CT molecular complexity index is 2670. The molecule has 6 rings (SSSR count). The van der Waals surface area contributed by atoms with Crippen LogP contribution in [0.15, 0.2) is 109 Å². The number of carbonyl (C=O) groups is 3. The van der Waals surface area contributed by atoms with Crippen molar-refractivity contribution in [2.45, 2.75) is 27.7 Å². The van der Waals surface area contributed by atoms with Crippen molar-refractivity contribution in [3.63, 3.8) is 0 Å². The summed E-state index contributed by atoms with van der Waals surface area (Å²) in [6.07, 6.45) is 0. The third kappa shape index (κ3) is 12.9. The molecule has 0 saturated heterocycles. The van der Waals surface area contributed by atoms with E-state index in [2.05, 4.69) is 0 Å². The predicted octanol–water partition coefficient (Wildman–Crippen LogP) is 11.7. The van der Waals surface area contributed by atoms with Crippen molar-refractivity contribution in [3.8, 4) is 80.5 Å². The minimum Gasteiger partial charge on any atom is -0.497 e. The third-order valence-electron chi connectivity index (χ3n) is 9.94. The Morgan fingerprint density at radius 1 is 0.343 bits per heavy atom. The van der Waals surface area contributed by atoms with Gasteiger partial charge in [0, 0.05) is 36.4 Å². The molecule has 0 atom stereocenters. The van der Waals surface area contributed by atoms with Crippen LogP contribution in [0, 0.1) is 0 Å². The lowest BCUT2D eigenvalue weighted by Gasteiger charge is -2.23. The highest BCUT2D eigenvalue weighted by Gasteiger charge is 2.32. The Morgan fingerprint density at radius 2 is 0.586 bits per heavy atom. The molecule has 0 radical (unpaired) electrons. The maximum atomic E-state index is 15.2. The number of benzene rings is 6. The van der Waals surface area contributed by atoms with Crippen LogP contribution in [0.1, 0.15) is 64.3 Å². The average Bonchev–Trinajstić information content (AvgIpc) is 3.36. The van der Waals surface area contributed by atoms with Crippen LogP contribution >= 0.6 is 17.2 Å². The summed E-state index contributed by atoms with van der Waals surface area (Å²) in [4.78, 5) is 41.0. The second-order valence-corrected chi connectivity index (χ2v) is 16.4. The zero-order valence-electron chi connectivity index (χ0n) is 40.1. The molecule has 17 nitrogen and oxygen atoms in total. The molecular weight excluding hydrogens is 946 g/mol. The Balaban J connectivity index is 1.48. The SMILES string of the molecule is CCOc1ccc(OC)cc1OP(Oc1cc(OC)ccc1OCC)Oc1cc(OC)ccc1C(=O)c1ccc(OC)cc1OP(Oc1cc(OC)ccc1C(C)=O)Oc1cc(OC)ccc1C(C)=O. The van der Waals surface area contributed by atoms with Gasteiger partial charge in [-0.05, 0) is 100 Å². The summed E-state index contributed by atoms with van der Waals surface area (Å²) in [6, 6.07) is 28.3. The third-order valence-corrected chi connectivity index (χ3v) is 12.0. The lowest BCUT2D eigenvalue weighted by atomic mass is 10.0. The summed E-state index contributed by atoms with van der Waals surface area (Å²) in [6.45, 7) is 7.00. The molecule has 0 amide bonds. The Hall–Kier alpha value is -7.61. The van der Waals surface area contributed by atoms with Gasteiger partial charge in [0.05, 0.1) is 78.1 Å². The van der Waals surface area contributed by atoms with Gasteiger partial charge in [0.15, 0.2) is 34.6 Å². The Kier molecular flexibility index (Phi) is 18.2. The Labute approximate surface area is 408 Å². The lowest BCUT2D eigenvalue weighted by molar-refractivity contribution is 0.100. The number of rotatable bonds is 26. The molecule has 0 fully saturated rings. The number of hydrogen-bond acceptors (Lipinski definition) is 17. The maximum absolute atomic E-state index is 15.2. The quantitative estimate of drug-likeness (QED) is 0.0369. The van der Waals surface area contributed by atoms with Gasteiger partial charge < -0.3 is 65.0 Å². The summed E-state index contributed by atoms with van der Waals surface area (Å²) in [7, 11) is 3.58. The van der Waals surface area contributed by atoms with Crippen LogP contribution in [0.2, 0.25) is 0 Å². The highest BCUT2D eigenvalue weighted by Crippen LogP contribution is 2.51. The predicted molar refractivity (Wildman–Crippen MR) is 261 cm³/mol. The molecule has 0 bridgehead atoms. The van der Waals surface area contributed by atoms with E-state index in [0.717, 1.165) is 0 Å². The summed E-state index contributed by atoms with van der Waals surface area (Å²) >= 11 is 0. The minimum absolute atomic E-state index is 0.00588. The summed E-state index contributed by atoms with van der Waals surface area (Å²) in [5.74, 6) is 2.03. The van der Waals surface area contributed by atoms with Crippen LogP contribution in [0.3, 0.4) is 0 Å². The van der Waals surface area contributed by atoms with Crippen LogP contribution in [0.25, 0.3) is 0 Å². The average molecular weight is 999 g/mol. The van der Waals surface area contributed by atoms with Gasteiger partial charge >= 0.3 is 17.2 Å². The van der Waals surface area contributed by atoms with E-state index in [1.807, 2.05) is 13.8 Å². The largest absolute Gasteiger partial charge is 0.530 e. The fourth-order valence-corrected chi connectivity index (χ4v) is 8.52. The van der Waals surface area contributed by atoms with Crippen molar-refractivity contribution in [1.29, 1.82) is 0 Å². The first-order valence-corrected chi connectivity index (χ1v) is 23.6. The van der Waals surface area contributed by atoms with Crippen LogP contribution < -0.4 is 65.0 Å². The molecule has 0 spiro atoms. The van der Waals surface area contributed by atoms with Crippen LogP contribution in [-0.4, -0.2) is 73.2 Å². The number of carbonyl (C=O) groups excluding carboxylic acids is 3. The van der Waals surface area contributed by atoms with Gasteiger partial charge in [0.1, 0.15) is 57.5 Å². The summed E-state index contributed by atoms with van der Waals surface area (Å²) in [5.41, 5.74) is 0.330. The van der Waals surface area contributed by atoms with Crippen molar-refractivity contribution >= 4 is 34.6 Å². The van der Waals surface area contributed by atoms with Crippen molar-refractivity contribution in [1.82, 2.24) is 0 Å². The zero-order chi connectivity index (χ0) is 50.3. The van der Waals surface area contributed by atoms with Crippen LogP contribution in [0.4, 0.5) is 0 Å². The number of ether oxygens (including phenoxy) is 8. The Morgan fingerprint density at radius 3 is 0.857 bits per heavy atom. The highest BCUT2D eigenvalue weighted by atomic mass is 31.2. The molecule has 6 aromatic carbocycles. The molecule has 0 aliphatic carbocycles. The molecule has 0 unspecified atom stereocenters. The van der Waals surface area contributed by atoms with E-state index < -0.39 is 23.0 Å². The molecule has 19 heteroatoms. The first-order chi connectivity index (χ1) is 33.8. The molecule has 0 aromatic heterocycles. The van der Waals surface area contributed by atoms with Crippen molar-refractivity contribution in [2.24, 2.45) is 0 Å². The van der Waals surface area contributed by atoms with Crippen molar-refractivity contribution in [3.05, 3.63) is 131 Å². The second-order valence-electron chi connectivity index (χ2n) is 14.4.